The molecule has 148 valence electrons. The normalized spacial score (nSPS) is 11.3. The zero-order chi connectivity index (χ0) is 19.0. The number of hydrogen-bond donors (Lipinski definition) is 2. The third-order valence-electron chi connectivity index (χ3n) is 3.90. The van der Waals surface area contributed by atoms with Crippen LogP contribution in [0.5, 0.6) is 11.5 Å². The summed E-state index contributed by atoms with van der Waals surface area (Å²) in [6.45, 7) is 8.28. The topological polar surface area (TPSA) is 64.1 Å². The van der Waals surface area contributed by atoms with Gasteiger partial charge in [-0.2, -0.15) is 0 Å². The summed E-state index contributed by atoms with van der Waals surface area (Å²) >= 11 is 0. The molecule has 0 unspecified atom stereocenters. The van der Waals surface area contributed by atoms with Crippen molar-refractivity contribution in [2.75, 3.05) is 47.1 Å². The third-order valence-corrected chi connectivity index (χ3v) is 3.90. The van der Waals surface area contributed by atoms with Crippen LogP contribution < -0.4 is 20.1 Å². The van der Waals surface area contributed by atoms with Gasteiger partial charge in [-0.25, -0.2) is 0 Å². The molecule has 0 saturated heterocycles. The van der Waals surface area contributed by atoms with Gasteiger partial charge >= 0.3 is 0 Å². The Balaban J connectivity index is 2.36. The number of hydrogen-bond acceptors (Lipinski definition) is 4. The molecule has 0 aliphatic heterocycles. The first kappa shape index (κ1) is 22.1. The fourth-order valence-corrected chi connectivity index (χ4v) is 2.53. The molecule has 26 heavy (non-hydrogen) atoms. The maximum atomic E-state index is 5.35. The Morgan fingerprint density at radius 3 is 2.50 bits per heavy atom. The standard InChI is InChI=1S/C20H35N3O3/c1-5-21-20(22-13-7-8-15-26-6-2)23-14-9-10-17-11-12-18(24-3)19(16-17)25-4/h11-12,16H,5-10,13-15H2,1-4H3,(H2,21,22,23). The molecule has 0 aliphatic carbocycles. The minimum atomic E-state index is 0.761. The van der Waals surface area contributed by atoms with Gasteiger partial charge in [-0.3, -0.25) is 4.99 Å². The fraction of sp³-hybridized carbons (Fsp3) is 0.650. The van der Waals surface area contributed by atoms with Crippen molar-refractivity contribution in [2.45, 2.75) is 39.5 Å². The van der Waals surface area contributed by atoms with Crippen molar-refractivity contribution in [2.24, 2.45) is 4.99 Å². The summed E-state index contributed by atoms with van der Waals surface area (Å²) in [7, 11) is 3.31. The maximum Gasteiger partial charge on any atom is 0.191 e. The molecule has 0 atom stereocenters. The van der Waals surface area contributed by atoms with E-state index in [1.54, 1.807) is 14.2 Å². The van der Waals surface area contributed by atoms with Gasteiger partial charge < -0.3 is 24.8 Å². The molecule has 0 spiro atoms. The van der Waals surface area contributed by atoms with E-state index in [9.17, 15) is 0 Å². The number of aliphatic imine (C=N–C) groups is 1. The van der Waals surface area contributed by atoms with E-state index >= 15 is 0 Å². The Morgan fingerprint density at radius 2 is 1.81 bits per heavy atom. The first-order valence-corrected chi connectivity index (χ1v) is 9.55. The molecule has 0 radical (unpaired) electrons. The number of unbranched alkanes of at least 4 members (excludes halogenated alkanes) is 1. The van der Waals surface area contributed by atoms with Crippen molar-refractivity contribution in [1.82, 2.24) is 10.6 Å². The molecule has 0 saturated carbocycles. The van der Waals surface area contributed by atoms with Gasteiger partial charge in [-0.1, -0.05) is 6.07 Å². The highest BCUT2D eigenvalue weighted by molar-refractivity contribution is 5.79. The van der Waals surface area contributed by atoms with Crippen LogP contribution in [-0.2, 0) is 11.2 Å². The van der Waals surface area contributed by atoms with Crippen molar-refractivity contribution in [3.8, 4) is 11.5 Å². The van der Waals surface area contributed by atoms with E-state index in [0.29, 0.717) is 0 Å². The minimum Gasteiger partial charge on any atom is -0.493 e. The van der Waals surface area contributed by atoms with E-state index in [1.165, 1.54) is 5.56 Å². The average Bonchev–Trinajstić information content (AvgIpc) is 2.67. The first-order chi connectivity index (χ1) is 12.7. The van der Waals surface area contributed by atoms with Gasteiger partial charge in [-0.15, -0.1) is 0 Å². The summed E-state index contributed by atoms with van der Waals surface area (Å²) < 4.78 is 16.0. The Bertz CT molecular complexity index is 521. The Hall–Kier alpha value is -1.95. The highest BCUT2D eigenvalue weighted by Crippen LogP contribution is 2.27. The molecule has 0 heterocycles. The van der Waals surface area contributed by atoms with Crippen LogP contribution in [0.2, 0.25) is 0 Å². The van der Waals surface area contributed by atoms with Gasteiger partial charge in [0, 0.05) is 32.8 Å². The zero-order valence-corrected chi connectivity index (χ0v) is 16.8. The summed E-state index contributed by atoms with van der Waals surface area (Å²) in [6, 6.07) is 6.06. The highest BCUT2D eigenvalue weighted by atomic mass is 16.5. The summed E-state index contributed by atoms with van der Waals surface area (Å²) in [4.78, 5) is 4.65. The molecule has 6 nitrogen and oxygen atoms in total. The van der Waals surface area contributed by atoms with E-state index < -0.39 is 0 Å². The molecular formula is C20H35N3O3. The molecule has 1 rings (SSSR count). The maximum absolute atomic E-state index is 5.35. The number of nitrogens with one attached hydrogen (secondary N) is 2. The summed E-state index contributed by atoms with van der Waals surface area (Å²) in [6.07, 6.45) is 4.09. The van der Waals surface area contributed by atoms with Crippen LogP contribution in [0.25, 0.3) is 0 Å². The van der Waals surface area contributed by atoms with Gasteiger partial charge in [0.15, 0.2) is 17.5 Å². The second-order valence-electron chi connectivity index (χ2n) is 5.88. The van der Waals surface area contributed by atoms with Crippen molar-refractivity contribution < 1.29 is 14.2 Å². The zero-order valence-electron chi connectivity index (χ0n) is 16.8. The Labute approximate surface area is 158 Å². The molecule has 1 aromatic carbocycles. The largest absolute Gasteiger partial charge is 0.493 e. The smallest absolute Gasteiger partial charge is 0.191 e. The fourth-order valence-electron chi connectivity index (χ4n) is 2.53. The quantitative estimate of drug-likeness (QED) is 0.320. The molecule has 0 aliphatic rings. The van der Waals surface area contributed by atoms with Crippen molar-refractivity contribution in [3.05, 3.63) is 23.8 Å². The van der Waals surface area contributed by atoms with Gasteiger partial charge in [0.1, 0.15) is 0 Å². The van der Waals surface area contributed by atoms with E-state index in [0.717, 1.165) is 76.0 Å². The molecule has 0 aromatic heterocycles. The number of ether oxygens (including phenoxy) is 3. The van der Waals surface area contributed by atoms with Crippen molar-refractivity contribution in [3.63, 3.8) is 0 Å². The minimum absolute atomic E-state index is 0.761. The van der Waals surface area contributed by atoms with E-state index in [1.807, 2.05) is 19.1 Å². The second-order valence-corrected chi connectivity index (χ2v) is 5.88. The number of rotatable bonds is 13. The summed E-state index contributed by atoms with van der Waals surface area (Å²) in [5.41, 5.74) is 1.23. The Morgan fingerprint density at radius 1 is 1.00 bits per heavy atom. The lowest BCUT2D eigenvalue weighted by molar-refractivity contribution is 0.143. The van der Waals surface area contributed by atoms with E-state index in [2.05, 4.69) is 28.6 Å². The van der Waals surface area contributed by atoms with Crippen LogP contribution in [0.15, 0.2) is 23.2 Å². The van der Waals surface area contributed by atoms with E-state index in [-0.39, 0.29) is 0 Å². The summed E-state index contributed by atoms with van der Waals surface area (Å²) in [5, 5.41) is 6.66. The lowest BCUT2D eigenvalue weighted by atomic mass is 10.1. The number of guanidine groups is 1. The third kappa shape index (κ3) is 8.94. The molecule has 1 aromatic rings. The Kier molecular flexibility index (Phi) is 12.1. The van der Waals surface area contributed by atoms with Crippen LogP contribution in [0, 0.1) is 0 Å². The SMILES string of the molecule is CCNC(=NCCCc1ccc(OC)c(OC)c1)NCCCCOCC. The number of methoxy groups -OCH3 is 2. The molecule has 2 N–H and O–H groups in total. The van der Waals surface area contributed by atoms with Gasteiger partial charge in [0.2, 0.25) is 0 Å². The predicted molar refractivity (Wildman–Crippen MR) is 108 cm³/mol. The number of benzene rings is 1. The summed E-state index contributed by atoms with van der Waals surface area (Å²) in [5.74, 6) is 2.42. The average molecular weight is 366 g/mol. The number of aryl methyl sites for hydroxylation is 1. The lowest BCUT2D eigenvalue weighted by Crippen LogP contribution is -2.38. The van der Waals surface area contributed by atoms with Crippen LogP contribution in [-0.4, -0.2) is 53.0 Å². The van der Waals surface area contributed by atoms with Crippen LogP contribution in [0.3, 0.4) is 0 Å². The lowest BCUT2D eigenvalue weighted by Gasteiger charge is -2.11. The van der Waals surface area contributed by atoms with Crippen LogP contribution >= 0.6 is 0 Å². The van der Waals surface area contributed by atoms with Gasteiger partial charge in [-0.05, 0) is 57.2 Å². The highest BCUT2D eigenvalue weighted by Gasteiger charge is 2.04. The molecule has 0 bridgehead atoms. The van der Waals surface area contributed by atoms with Gasteiger partial charge in [0.05, 0.1) is 14.2 Å². The first-order valence-electron chi connectivity index (χ1n) is 9.55. The molecule has 0 amide bonds. The number of nitrogens with zero attached hydrogens (tertiary/aromatic N) is 1. The van der Waals surface area contributed by atoms with Crippen LogP contribution in [0.4, 0.5) is 0 Å². The monoisotopic (exact) mass is 365 g/mol. The van der Waals surface area contributed by atoms with Crippen LogP contribution in [0.1, 0.15) is 38.7 Å². The second kappa shape index (κ2) is 14.2. The molecule has 6 heteroatoms. The molecule has 0 fully saturated rings. The van der Waals surface area contributed by atoms with Gasteiger partial charge in [0.25, 0.3) is 0 Å². The van der Waals surface area contributed by atoms with Crippen molar-refractivity contribution >= 4 is 5.96 Å². The predicted octanol–water partition coefficient (Wildman–Crippen LogP) is 3.01. The van der Waals surface area contributed by atoms with E-state index in [4.69, 9.17) is 14.2 Å². The van der Waals surface area contributed by atoms with Crippen molar-refractivity contribution in [1.29, 1.82) is 0 Å². The molecular weight excluding hydrogens is 330 g/mol.